The Bertz CT molecular complexity index is 353. The summed E-state index contributed by atoms with van der Waals surface area (Å²) in [5.41, 5.74) is -1.55. The minimum atomic E-state index is -4.37. The molecule has 0 bridgehead atoms. The molecule has 0 aromatic rings. The van der Waals surface area contributed by atoms with Gasteiger partial charge in [-0.15, -0.1) is 0 Å². The van der Waals surface area contributed by atoms with Gasteiger partial charge in [-0.25, -0.2) is 9.59 Å². The van der Waals surface area contributed by atoms with Gasteiger partial charge in [0, 0.05) is 26.6 Å². The summed E-state index contributed by atoms with van der Waals surface area (Å²) in [7, 11) is 1.17. The molecule has 2 N–H and O–H groups in total. The molecule has 1 saturated heterocycles. The fraction of sp³-hybridized carbons (Fsp3) is 0.800. The largest absolute Gasteiger partial charge is 0.479 e. The lowest BCUT2D eigenvalue weighted by Crippen LogP contribution is -2.58. The Morgan fingerprint density at radius 2 is 2.11 bits per heavy atom. The van der Waals surface area contributed by atoms with Gasteiger partial charge in [0.25, 0.3) is 0 Å². The minimum Gasteiger partial charge on any atom is -0.479 e. The van der Waals surface area contributed by atoms with Crippen molar-refractivity contribution in [2.45, 2.75) is 24.6 Å². The highest BCUT2D eigenvalue weighted by Gasteiger charge is 2.44. The standard InChI is InChI=1S/C10H15F3N2O4/c1-15(4-2-10(11,12)13)8(18)14-9(7(16)17)3-5-19-6-9/h2-6H2,1H3,(H,14,18)(H,16,17). The van der Waals surface area contributed by atoms with E-state index in [4.69, 9.17) is 9.84 Å². The van der Waals surface area contributed by atoms with Crippen molar-refractivity contribution < 1.29 is 32.6 Å². The summed E-state index contributed by atoms with van der Waals surface area (Å²) < 4.78 is 41.0. The number of carboxylic acids is 1. The smallest absolute Gasteiger partial charge is 0.390 e. The van der Waals surface area contributed by atoms with E-state index in [9.17, 15) is 22.8 Å². The van der Waals surface area contributed by atoms with E-state index < -0.39 is 36.7 Å². The first-order chi connectivity index (χ1) is 8.66. The topological polar surface area (TPSA) is 78.9 Å². The van der Waals surface area contributed by atoms with Gasteiger partial charge in [0.05, 0.1) is 13.0 Å². The van der Waals surface area contributed by atoms with Crippen LogP contribution in [0.2, 0.25) is 0 Å². The number of carbonyl (C=O) groups excluding carboxylic acids is 1. The van der Waals surface area contributed by atoms with Gasteiger partial charge in [-0.2, -0.15) is 13.2 Å². The lowest BCUT2D eigenvalue weighted by atomic mass is 9.99. The van der Waals surface area contributed by atoms with E-state index in [1.165, 1.54) is 7.05 Å². The van der Waals surface area contributed by atoms with Crippen molar-refractivity contribution in [1.29, 1.82) is 0 Å². The quantitative estimate of drug-likeness (QED) is 0.801. The van der Waals surface area contributed by atoms with Crippen LogP contribution in [0.3, 0.4) is 0 Å². The number of carboxylic acid groups (broad SMARTS) is 1. The molecule has 1 unspecified atom stereocenters. The molecule has 6 nitrogen and oxygen atoms in total. The average Bonchev–Trinajstić information content (AvgIpc) is 2.74. The molecule has 1 aliphatic rings. The normalized spacial score (nSPS) is 23.2. The lowest BCUT2D eigenvalue weighted by Gasteiger charge is -2.27. The van der Waals surface area contributed by atoms with Gasteiger partial charge in [-0.1, -0.05) is 0 Å². The maximum Gasteiger partial charge on any atom is 0.390 e. The molecule has 0 aliphatic carbocycles. The molecule has 19 heavy (non-hydrogen) atoms. The van der Waals surface area contributed by atoms with Crippen molar-refractivity contribution in [2.24, 2.45) is 0 Å². The molecule has 110 valence electrons. The van der Waals surface area contributed by atoms with Crippen LogP contribution >= 0.6 is 0 Å². The highest BCUT2D eigenvalue weighted by atomic mass is 19.4. The third-order valence-corrected chi connectivity index (χ3v) is 2.85. The predicted molar refractivity (Wildman–Crippen MR) is 57.6 cm³/mol. The zero-order valence-corrected chi connectivity index (χ0v) is 10.3. The molecular formula is C10H15F3N2O4. The van der Waals surface area contributed by atoms with Crippen LogP contribution in [0.1, 0.15) is 12.8 Å². The second kappa shape index (κ2) is 5.64. The Balaban J connectivity index is 2.55. The molecule has 9 heteroatoms. The molecule has 0 radical (unpaired) electrons. The van der Waals surface area contributed by atoms with Gasteiger partial charge in [0.1, 0.15) is 0 Å². The van der Waals surface area contributed by atoms with E-state index >= 15 is 0 Å². The van der Waals surface area contributed by atoms with Crippen LogP contribution in [-0.2, 0) is 9.53 Å². The molecule has 2 amide bonds. The Hall–Kier alpha value is -1.51. The summed E-state index contributed by atoms with van der Waals surface area (Å²) in [4.78, 5) is 23.6. The third kappa shape index (κ3) is 4.27. The number of carbonyl (C=O) groups is 2. The zero-order valence-electron chi connectivity index (χ0n) is 10.3. The molecular weight excluding hydrogens is 269 g/mol. The summed E-state index contributed by atoms with van der Waals surface area (Å²) >= 11 is 0. The van der Waals surface area contributed by atoms with Gasteiger partial charge in [-0.05, 0) is 0 Å². The van der Waals surface area contributed by atoms with Gasteiger partial charge in [-0.3, -0.25) is 0 Å². The maximum atomic E-state index is 12.0. The van der Waals surface area contributed by atoms with Crippen molar-refractivity contribution in [1.82, 2.24) is 10.2 Å². The number of alkyl halides is 3. The summed E-state index contributed by atoms with van der Waals surface area (Å²) in [5, 5.41) is 11.3. The number of nitrogens with one attached hydrogen (secondary N) is 1. The van der Waals surface area contributed by atoms with Crippen molar-refractivity contribution in [2.75, 3.05) is 26.8 Å². The molecule has 1 fully saturated rings. The predicted octanol–water partition coefficient (Wildman–Crippen LogP) is 0.824. The van der Waals surface area contributed by atoms with Gasteiger partial charge < -0.3 is 20.1 Å². The number of hydrogen-bond acceptors (Lipinski definition) is 3. The van der Waals surface area contributed by atoms with Crippen molar-refractivity contribution in [3.63, 3.8) is 0 Å². The lowest BCUT2D eigenvalue weighted by molar-refractivity contribution is -0.145. The van der Waals surface area contributed by atoms with E-state index in [2.05, 4.69) is 5.32 Å². The Morgan fingerprint density at radius 1 is 1.47 bits per heavy atom. The minimum absolute atomic E-state index is 0.0845. The summed E-state index contributed by atoms with van der Waals surface area (Å²) in [6, 6.07) is -0.864. The fourth-order valence-electron chi connectivity index (χ4n) is 1.58. The van der Waals surface area contributed by atoms with E-state index in [-0.39, 0.29) is 19.6 Å². The molecule has 0 aromatic heterocycles. The van der Waals surface area contributed by atoms with Gasteiger partial charge in [0.15, 0.2) is 5.54 Å². The number of rotatable bonds is 4. The highest BCUT2D eigenvalue weighted by molar-refractivity contribution is 5.86. The maximum absolute atomic E-state index is 12.0. The van der Waals surface area contributed by atoms with E-state index in [1.54, 1.807) is 0 Å². The highest BCUT2D eigenvalue weighted by Crippen LogP contribution is 2.21. The monoisotopic (exact) mass is 284 g/mol. The molecule has 0 spiro atoms. The van der Waals surface area contributed by atoms with Gasteiger partial charge in [0.2, 0.25) is 0 Å². The second-order valence-corrected chi connectivity index (χ2v) is 4.41. The van der Waals surface area contributed by atoms with Crippen LogP contribution < -0.4 is 5.32 Å². The first-order valence-corrected chi connectivity index (χ1v) is 5.57. The van der Waals surface area contributed by atoms with E-state index in [0.717, 1.165) is 4.90 Å². The molecule has 1 aliphatic heterocycles. The van der Waals surface area contributed by atoms with E-state index in [1.807, 2.05) is 0 Å². The second-order valence-electron chi connectivity index (χ2n) is 4.41. The van der Waals surface area contributed by atoms with Crippen LogP contribution in [-0.4, -0.2) is 60.5 Å². The SMILES string of the molecule is CN(CCC(F)(F)F)C(=O)NC1(C(=O)O)CCOC1. The average molecular weight is 284 g/mol. The van der Waals surface area contributed by atoms with Crippen molar-refractivity contribution >= 4 is 12.0 Å². The fourth-order valence-corrected chi connectivity index (χ4v) is 1.58. The summed E-state index contributed by atoms with van der Waals surface area (Å²) in [6.45, 7) is -0.550. The molecule has 0 aromatic carbocycles. The van der Waals surface area contributed by atoms with Crippen molar-refractivity contribution in [3.05, 3.63) is 0 Å². The first kappa shape index (κ1) is 15.5. The Labute approximate surface area is 107 Å². The molecule has 1 heterocycles. The molecule has 1 atom stereocenters. The number of amides is 2. The zero-order chi connectivity index (χ0) is 14.7. The van der Waals surface area contributed by atoms with Crippen LogP contribution in [0.5, 0.6) is 0 Å². The molecule has 0 saturated carbocycles. The Kier molecular flexibility index (Phi) is 4.61. The third-order valence-electron chi connectivity index (χ3n) is 2.85. The van der Waals surface area contributed by atoms with Crippen LogP contribution in [0.15, 0.2) is 0 Å². The van der Waals surface area contributed by atoms with E-state index in [0.29, 0.717) is 0 Å². The number of urea groups is 1. The van der Waals surface area contributed by atoms with Crippen LogP contribution in [0.4, 0.5) is 18.0 Å². The van der Waals surface area contributed by atoms with Crippen LogP contribution in [0.25, 0.3) is 0 Å². The number of aliphatic carboxylic acids is 1. The number of halogens is 3. The number of hydrogen-bond donors (Lipinski definition) is 2. The first-order valence-electron chi connectivity index (χ1n) is 5.57. The summed E-state index contributed by atoms with van der Waals surface area (Å²) in [5.74, 6) is -1.26. The molecule has 1 rings (SSSR count). The van der Waals surface area contributed by atoms with Crippen LogP contribution in [0, 0.1) is 0 Å². The summed E-state index contributed by atoms with van der Waals surface area (Å²) in [6.07, 6.45) is -5.43. The number of nitrogens with zero attached hydrogens (tertiary/aromatic N) is 1. The Morgan fingerprint density at radius 3 is 2.53 bits per heavy atom. The number of ether oxygens (including phenoxy) is 1. The van der Waals surface area contributed by atoms with Gasteiger partial charge >= 0.3 is 18.2 Å². The van der Waals surface area contributed by atoms with Crippen molar-refractivity contribution in [3.8, 4) is 0 Å².